The number of aryl methyl sites for hydroxylation is 1. The topological polar surface area (TPSA) is 21.3 Å². The molecule has 1 aromatic rings. The molecule has 4 heteroatoms. The van der Waals surface area contributed by atoms with E-state index in [2.05, 4.69) is 5.32 Å². The fraction of sp³-hybridized carbons (Fsp3) is 0.625. The Labute approximate surface area is 120 Å². The van der Waals surface area contributed by atoms with Crippen molar-refractivity contribution in [1.29, 1.82) is 0 Å². The van der Waals surface area contributed by atoms with E-state index in [1.165, 1.54) is 12.1 Å². The summed E-state index contributed by atoms with van der Waals surface area (Å²) in [6.45, 7) is 8.21. The van der Waals surface area contributed by atoms with Crippen LogP contribution in [-0.4, -0.2) is 19.3 Å². The lowest BCUT2D eigenvalue weighted by Crippen LogP contribution is -2.33. The highest BCUT2D eigenvalue weighted by molar-refractivity contribution is 5.29. The summed E-state index contributed by atoms with van der Waals surface area (Å²) in [4.78, 5) is 0. The van der Waals surface area contributed by atoms with Crippen LogP contribution in [0.2, 0.25) is 0 Å². The molecule has 114 valence electrons. The Morgan fingerprint density at radius 1 is 1.30 bits per heavy atom. The Bertz CT molecular complexity index is 446. The molecule has 0 aliphatic carbocycles. The fourth-order valence-electron chi connectivity index (χ4n) is 2.17. The third-order valence-corrected chi connectivity index (χ3v) is 3.56. The van der Waals surface area contributed by atoms with E-state index in [4.69, 9.17) is 4.74 Å². The van der Waals surface area contributed by atoms with Crippen molar-refractivity contribution in [3.8, 4) is 0 Å². The zero-order valence-corrected chi connectivity index (χ0v) is 13.0. The summed E-state index contributed by atoms with van der Waals surface area (Å²) in [5, 5.41) is 3.23. The molecule has 2 nitrogen and oxygen atoms in total. The molecule has 0 saturated heterocycles. The van der Waals surface area contributed by atoms with E-state index in [9.17, 15) is 8.78 Å². The van der Waals surface area contributed by atoms with E-state index in [0.717, 1.165) is 6.42 Å². The highest BCUT2D eigenvalue weighted by atomic mass is 19.1. The first kappa shape index (κ1) is 17.1. The highest BCUT2D eigenvalue weighted by Gasteiger charge is 2.28. The van der Waals surface area contributed by atoms with Gasteiger partial charge in [0.15, 0.2) is 0 Å². The van der Waals surface area contributed by atoms with Crippen LogP contribution in [0.5, 0.6) is 0 Å². The summed E-state index contributed by atoms with van der Waals surface area (Å²) < 4.78 is 33.8. The monoisotopic (exact) mass is 285 g/mol. The largest absolute Gasteiger partial charge is 0.379 e. The molecule has 20 heavy (non-hydrogen) atoms. The van der Waals surface area contributed by atoms with Gasteiger partial charge >= 0.3 is 0 Å². The van der Waals surface area contributed by atoms with Gasteiger partial charge in [-0.3, -0.25) is 0 Å². The summed E-state index contributed by atoms with van der Waals surface area (Å²) in [7, 11) is 1.61. The molecule has 0 aliphatic rings. The lowest BCUT2D eigenvalue weighted by Gasteiger charge is -2.30. The molecule has 0 aliphatic heterocycles. The van der Waals surface area contributed by atoms with Gasteiger partial charge in [-0.15, -0.1) is 0 Å². The molecule has 0 heterocycles. The molecule has 1 aromatic carbocycles. The molecule has 0 radical (unpaired) electrons. The maximum absolute atomic E-state index is 14.3. The summed E-state index contributed by atoms with van der Waals surface area (Å²) in [5.74, 6) is -0.973. The van der Waals surface area contributed by atoms with Gasteiger partial charge in [0.05, 0.1) is 5.60 Å². The van der Waals surface area contributed by atoms with Crippen molar-refractivity contribution in [1.82, 2.24) is 5.32 Å². The van der Waals surface area contributed by atoms with Crippen LogP contribution in [0, 0.1) is 18.6 Å². The Morgan fingerprint density at radius 3 is 2.50 bits per heavy atom. The first-order valence-electron chi connectivity index (χ1n) is 7.05. The smallest absolute Gasteiger partial charge is 0.133 e. The summed E-state index contributed by atoms with van der Waals surface area (Å²) in [5.41, 5.74) is 0.122. The van der Waals surface area contributed by atoms with Crippen molar-refractivity contribution in [2.24, 2.45) is 0 Å². The van der Waals surface area contributed by atoms with Gasteiger partial charge in [-0.05, 0) is 51.8 Å². The van der Waals surface area contributed by atoms with Crippen LogP contribution in [0.25, 0.3) is 0 Å². The second-order valence-electron chi connectivity index (χ2n) is 5.77. The zero-order valence-electron chi connectivity index (χ0n) is 13.0. The first-order valence-corrected chi connectivity index (χ1v) is 7.05. The molecule has 0 aromatic heterocycles. The zero-order chi connectivity index (χ0) is 15.3. The van der Waals surface area contributed by atoms with Crippen molar-refractivity contribution in [3.63, 3.8) is 0 Å². The average molecular weight is 285 g/mol. The van der Waals surface area contributed by atoms with Gasteiger partial charge in [0.1, 0.15) is 11.6 Å². The Morgan fingerprint density at radius 2 is 1.95 bits per heavy atom. The second-order valence-corrected chi connectivity index (χ2v) is 5.77. The van der Waals surface area contributed by atoms with Gasteiger partial charge in [-0.25, -0.2) is 8.78 Å². The van der Waals surface area contributed by atoms with Crippen molar-refractivity contribution < 1.29 is 13.5 Å². The van der Waals surface area contributed by atoms with Gasteiger partial charge in [-0.2, -0.15) is 0 Å². The Kier molecular flexibility index (Phi) is 6.08. The van der Waals surface area contributed by atoms with Gasteiger partial charge in [-0.1, -0.05) is 13.0 Å². The highest BCUT2D eigenvalue weighted by Crippen LogP contribution is 2.30. The predicted molar refractivity (Wildman–Crippen MR) is 77.8 cm³/mol. The minimum atomic E-state index is -0.506. The molecule has 0 spiro atoms. The van der Waals surface area contributed by atoms with Crippen LogP contribution in [0.15, 0.2) is 12.1 Å². The number of benzene rings is 1. The number of ether oxygens (including phenoxy) is 1. The van der Waals surface area contributed by atoms with E-state index in [-0.39, 0.29) is 5.56 Å². The molecule has 0 fully saturated rings. The predicted octanol–water partition coefficient (Wildman–Crippen LogP) is 4.13. The van der Waals surface area contributed by atoms with Crippen LogP contribution >= 0.6 is 0 Å². The maximum atomic E-state index is 14.3. The van der Waals surface area contributed by atoms with Crippen LogP contribution < -0.4 is 5.32 Å². The molecule has 1 N–H and O–H groups in total. The van der Waals surface area contributed by atoms with Crippen LogP contribution in [0.3, 0.4) is 0 Å². The lowest BCUT2D eigenvalue weighted by molar-refractivity contribution is 0.00629. The van der Waals surface area contributed by atoms with E-state index in [0.29, 0.717) is 18.5 Å². The van der Waals surface area contributed by atoms with Gasteiger partial charge in [0.25, 0.3) is 0 Å². The number of hydrogen-bond acceptors (Lipinski definition) is 2. The van der Waals surface area contributed by atoms with E-state index < -0.39 is 23.3 Å². The standard InChI is InChI=1S/C16H25F2NO/c1-6-9-19-13(10-16(3,4)20-5)14-12(17)8-7-11(2)15(14)18/h7-8,13,19H,6,9-10H2,1-5H3. The second kappa shape index (κ2) is 7.14. The number of rotatable bonds is 7. The fourth-order valence-corrected chi connectivity index (χ4v) is 2.17. The van der Waals surface area contributed by atoms with E-state index in [1.54, 1.807) is 14.0 Å². The average Bonchev–Trinajstić information content (AvgIpc) is 2.40. The maximum Gasteiger partial charge on any atom is 0.133 e. The van der Waals surface area contributed by atoms with Gasteiger partial charge in [0.2, 0.25) is 0 Å². The molecular formula is C16H25F2NO. The Balaban J connectivity index is 3.14. The quantitative estimate of drug-likeness (QED) is 0.813. The third kappa shape index (κ3) is 4.25. The summed E-state index contributed by atoms with van der Waals surface area (Å²) in [6, 6.07) is 2.39. The van der Waals surface area contributed by atoms with Crippen LogP contribution in [-0.2, 0) is 4.74 Å². The molecule has 1 unspecified atom stereocenters. The summed E-state index contributed by atoms with van der Waals surface area (Å²) >= 11 is 0. The molecule has 0 saturated carbocycles. The van der Waals surface area contributed by atoms with Crippen molar-refractivity contribution in [2.75, 3.05) is 13.7 Å². The minimum absolute atomic E-state index is 0.114. The molecule has 1 rings (SSSR count). The van der Waals surface area contributed by atoms with Crippen molar-refractivity contribution in [2.45, 2.75) is 52.2 Å². The molecule has 0 bridgehead atoms. The van der Waals surface area contributed by atoms with Gasteiger partial charge in [0, 0.05) is 18.7 Å². The summed E-state index contributed by atoms with van der Waals surface area (Å²) in [6.07, 6.45) is 1.40. The normalized spacial score (nSPS) is 13.6. The first-order chi connectivity index (χ1) is 9.32. The van der Waals surface area contributed by atoms with E-state index >= 15 is 0 Å². The van der Waals surface area contributed by atoms with Crippen molar-refractivity contribution in [3.05, 3.63) is 34.9 Å². The lowest BCUT2D eigenvalue weighted by atomic mass is 9.92. The third-order valence-electron chi connectivity index (χ3n) is 3.56. The number of methoxy groups -OCH3 is 1. The SMILES string of the molecule is CCCNC(CC(C)(C)OC)c1c(F)ccc(C)c1F. The number of nitrogens with one attached hydrogen (secondary N) is 1. The molecule has 0 amide bonds. The number of hydrogen-bond donors (Lipinski definition) is 1. The van der Waals surface area contributed by atoms with Crippen LogP contribution in [0.4, 0.5) is 8.78 Å². The van der Waals surface area contributed by atoms with E-state index in [1.807, 2.05) is 20.8 Å². The van der Waals surface area contributed by atoms with Crippen LogP contribution in [0.1, 0.15) is 50.8 Å². The van der Waals surface area contributed by atoms with Crippen molar-refractivity contribution >= 4 is 0 Å². The van der Waals surface area contributed by atoms with Gasteiger partial charge < -0.3 is 10.1 Å². The Hall–Kier alpha value is -1.00. The number of halogens is 2. The molecular weight excluding hydrogens is 260 g/mol. The minimum Gasteiger partial charge on any atom is -0.379 e. The molecule has 1 atom stereocenters.